The van der Waals surface area contributed by atoms with Gasteiger partial charge in [0.25, 0.3) is 0 Å². The van der Waals surface area contributed by atoms with E-state index in [1.54, 1.807) is 23.5 Å². The molecule has 2 aromatic carbocycles. The van der Waals surface area contributed by atoms with Gasteiger partial charge in [-0.2, -0.15) is 0 Å². The molecule has 0 aliphatic carbocycles. The normalized spacial score (nSPS) is 11.0. The number of carboxylic acid groups (broad SMARTS) is 1. The van der Waals surface area contributed by atoms with E-state index in [2.05, 4.69) is 42.6 Å². The second-order valence-corrected chi connectivity index (χ2v) is 9.11. The molecule has 4 rings (SSSR count). The highest BCUT2D eigenvalue weighted by molar-refractivity contribution is 7.10. The number of thiophene rings is 1. The number of amides is 1. The van der Waals surface area contributed by atoms with Crippen LogP contribution in [0.15, 0.2) is 66.0 Å². The third-order valence-electron chi connectivity index (χ3n) is 5.68. The highest BCUT2D eigenvalue weighted by Crippen LogP contribution is 2.32. The number of carbonyl (C=O) groups excluding carboxylic acids is 1. The molecule has 0 aliphatic rings. The number of aliphatic carboxylic acids is 1. The predicted molar refractivity (Wildman–Crippen MR) is 133 cm³/mol. The number of hydrogen-bond donors (Lipinski definition) is 2. The van der Waals surface area contributed by atoms with Gasteiger partial charge in [0.15, 0.2) is 0 Å². The number of aryl methyl sites for hydroxylation is 2. The molecule has 2 heterocycles. The van der Waals surface area contributed by atoms with Crippen LogP contribution in [0.2, 0.25) is 0 Å². The molecule has 0 saturated carbocycles. The van der Waals surface area contributed by atoms with Crippen LogP contribution in [0.3, 0.4) is 0 Å². The summed E-state index contributed by atoms with van der Waals surface area (Å²) in [5.41, 5.74) is 12.4. The van der Waals surface area contributed by atoms with Gasteiger partial charge in [-0.25, -0.2) is 0 Å². The van der Waals surface area contributed by atoms with E-state index in [-0.39, 0.29) is 6.42 Å². The molecule has 4 aromatic rings. The molecule has 2 aromatic heterocycles. The van der Waals surface area contributed by atoms with Crippen LogP contribution >= 0.6 is 11.3 Å². The molecule has 33 heavy (non-hydrogen) atoms. The zero-order valence-corrected chi connectivity index (χ0v) is 19.5. The van der Waals surface area contributed by atoms with Crippen LogP contribution in [0.5, 0.6) is 0 Å². The fourth-order valence-corrected chi connectivity index (χ4v) is 5.08. The van der Waals surface area contributed by atoms with Crippen molar-refractivity contribution in [3.63, 3.8) is 0 Å². The largest absolute Gasteiger partial charge is 0.481 e. The molecule has 3 N–H and O–H groups in total. The Morgan fingerprint density at radius 1 is 0.970 bits per heavy atom. The van der Waals surface area contributed by atoms with Crippen molar-refractivity contribution >= 4 is 23.2 Å². The van der Waals surface area contributed by atoms with Crippen LogP contribution in [-0.4, -0.2) is 21.6 Å². The van der Waals surface area contributed by atoms with Crippen LogP contribution < -0.4 is 5.73 Å². The number of benzene rings is 2. The minimum Gasteiger partial charge on any atom is -0.481 e. The molecular weight excluding hydrogens is 432 g/mol. The van der Waals surface area contributed by atoms with Crippen molar-refractivity contribution in [2.24, 2.45) is 5.73 Å². The van der Waals surface area contributed by atoms with E-state index in [9.17, 15) is 14.7 Å². The minimum absolute atomic E-state index is 0.107. The Balaban J connectivity index is 1.76. The van der Waals surface area contributed by atoms with Crippen molar-refractivity contribution in [1.29, 1.82) is 0 Å². The van der Waals surface area contributed by atoms with E-state index < -0.39 is 11.9 Å². The van der Waals surface area contributed by atoms with E-state index in [4.69, 9.17) is 5.73 Å². The van der Waals surface area contributed by atoms with E-state index >= 15 is 0 Å². The maximum atomic E-state index is 11.6. The molecule has 0 saturated heterocycles. The highest BCUT2D eigenvalue weighted by Gasteiger charge is 2.17. The van der Waals surface area contributed by atoms with Crippen molar-refractivity contribution in [2.75, 3.05) is 0 Å². The van der Waals surface area contributed by atoms with Crippen molar-refractivity contribution in [1.82, 2.24) is 4.57 Å². The molecule has 5 nitrogen and oxygen atoms in total. The quantitative estimate of drug-likeness (QED) is 0.347. The van der Waals surface area contributed by atoms with Gasteiger partial charge in [-0.05, 0) is 77.4 Å². The summed E-state index contributed by atoms with van der Waals surface area (Å²) in [6.07, 6.45) is 2.12. The summed E-state index contributed by atoms with van der Waals surface area (Å²) in [7, 11) is 0. The van der Waals surface area contributed by atoms with Gasteiger partial charge < -0.3 is 15.4 Å². The lowest BCUT2D eigenvalue weighted by atomic mass is 10.0. The number of nitrogens with two attached hydrogens (primary N) is 1. The first-order chi connectivity index (χ1) is 15.9. The topological polar surface area (TPSA) is 85.3 Å². The summed E-state index contributed by atoms with van der Waals surface area (Å²) >= 11 is 1.79. The average Bonchev–Trinajstić information content (AvgIpc) is 3.41. The summed E-state index contributed by atoms with van der Waals surface area (Å²) in [4.78, 5) is 24.5. The summed E-state index contributed by atoms with van der Waals surface area (Å²) in [6, 6.07) is 19.6. The molecule has 0 fully saturated rings. The molecule has 0 aliphatic heterocycles. The van der Waals surface area contributed by atoms with Crippen molar-refractivity contribution in [2.45, 2.75) is 33.1 Å². The lowest BCUT2D eigenvalue weighted by Crippen LogP contribution is -2.13. The van der Waals surface area contributed by atoms with Gasteiger partial charge in [-0.3, -0.25) is 9.59 Å². The van der Waals surface area contributed by atoms with Gasteiger partial charge in [0.05, 0.1) is 12.1 Å². The third-order valence-corrected chi connectivity index (χ3v) is 6.68. The minimum atomic E-state index is -0.900. The number of rotatable bonds is 8. The van der Waals surface area contributed by atoms with E-state index in [0.29, 0.717) is 11.3 Å². The molecule has 168 valence electrons. The number of nitrogens with zero attached hydrogens (tertiary/aromatic N) is 1. The zero-order chi connectivity index (χ0) is 23.5. The van der Waals surface area contributed by atoms with Gasteiger partial charge in [0, 0.05) is 21.8 Å². The third kappa shape index (κ3) is 4.76. The fraction of sp³-hybridized carbons (Fsp3) is 0.185. The number of aromatic nitrogens is 1. The summed E-state index contributed by atoms with van der Waals surface area (Å²) in [6.45, 7) is 4.08. The van der Waals surface area contributed by atoms with E-state index in [0.717, 1.165) is 40.9 Å². The van der Waals surface area contributed by atoms with Crippen molar-refractivity contribution < 1.29 is 14.7 Å². The smallest absolute Gasteiger partial charge is 0.309 e. The Kier molecular flexibility index (Phi) is 6.47. The van der Waals surface area contributed by atoms with Crippen molar-refractivity contribution in [3.8, 4) is 28.1 Å². The van der Waals surface area contributed by atoms with Crippen LogP contribution in [0.1, 0.15) is 39.8 Å². The second-order valence-electron chi connectivity index (χ2n) is 8.11. The standard InChI is InChI=1S/C27H26N2O3S/c1-3-4-23-14-21(16-33-23)18-5-7-19(8-6-18)25-12-10-22(15-26(30)31)29(25)24-11-9-20(27(28)32)13-17(24)2/h5-14,16H,3-4,15H2,1-2H3,(H2,28,32)(H,30,31). The van der Waals surface area contributed by atoms with E-state index in [1.165, 1.54) is 10.4 Å². The van der Waals surface area contributed by atoms with Crippen LogP contribution in [0.25, 0.3) is 28.1 Å². The van der Waals surface area contributed by atoms with E-state index in [1.807, 2.05) is 29.7 Å². The predicted octanol–water partition coefficient (Wildman–Crippen LogP) is 5.86. The zero-order valence-electron chi connectivity index (χ0n) is 18.7. The number of primary amides is 1. The molecule has 0 bridgehead atoms. The first-order valence-electron chi connectivity index (χ1n) is 10.9. The SMILES string of the molecule is CCCc1cc(-c2ccc(-c3ccc(CC(=O)O)n3-c3ccc(C(N)=O)cc3C)cc2)cs1. The molecule has 6 heteroatoms. The monoisotopic (exact) mass is 458 g/mol. The lowest BCUT2D eigenvalue weighted by Gasteiger charge is -2.16. The maximum absolute atomic E-state index is 11.6. The lowest BCUT2D eigenvalue weighted by molar-refractivity contribution is -0.136. The Labute approximate surface area is 197 Å². The number of carbonyl (C=O) groups is 2. The highest BCUT2D eigenvalue weighted by atomic mass is 32.1. The van der Waals surface area contributed by atoms with Gasteiger partial charge in [0.1, 0.15) is 0 Å². The molecular formula is C27H26N2O3S. The van der Waals surface area contributed by atoms with Crippen LogP contribution in [-0.2, 0) is 17.6 Å². The molecule has 0 atom stereocenters. The maximum Gasteiger partial charge on any atom is 0.309 e. The summed E-state index contributed by atoms with van der Waals surface area (Å²) in [5, 5.41) is 11.6. The molecule has 0 radical (unpaired) electrons. The van der Waals surface area contributed by atoms with Crippen LogP contribution in [0, 0.1) is 6.92 Å². The molecule has 0 spiro atoms. The Bertz CT molecular complexity index is 1320. The van der Waals surface area contributed by atoms with Gasteiger partial charge in [-0.15, -0.1) is 11.3 Å². The van der Waals surface area contributed by atoms with Crippen LogP contribution in [0.4, 0.5) is 0 Å². The second kappa shape index (κ2) is 9.46. The number of hydrogen-bond acceptors (Lipinski definition) is 3. The fourth-order valence-electron chi connectivity index (χ4n) is 4.08. The Morgan fingerprint density at radius 3 is 2.33 bits per heavy atom. The Morgan fingerprint density at radius 2 is 1.70 bits per heavy atom. The summed E-state index contributed by atoms with van der Waals surface area (Å²) in [5.74, 6) is -1.39. The first kappa shape index (κ1) is 22.6. The Hall–Kier alpha value is -3.64. The van der Waals surface area contributed by atoms with Crippen molar-refractivity contribution in [3.05, 3.63) is 87.7 Å². The number of carboxylic acids is 1. The van der Waals surface area contributed by atoms with Gasteiger partial charge in [-0.1, -0.05) is 37.6 Å². The first-order valence-corrected chi connectivity index (χ1v) is 11.8. The molecule has 0 unspecified atom stereocenters. The van der Waals surface area contributed by atoms with Gasteiger partial charge in [0.2, 0.25) is 5.91 Å². The van der Waals surface area contributed by atoms with Gasteiger partial charge >= 0.3 is 5.97 Å². The average molecular weight is 459 g/mol. The summed E-state index contributed by atoms with van der Waals surface area (Å²) < 4.78 is 1.95. The molecule has 1 amide bonds.